The van der Waals surface area contributed by atoms with Gasteiger partial charge in [-0.2, -0.15) is 0 Å². The summed E-state index contributed by atoms with van der Waals surface area (Å²) in [5, 5.41) is 9.43. The second-order valence-corrected chi connectivity index (χ2v) is 5.58. The molecule has 0 aromatic heterocycles. The smallest absolute Gasteiger partial charge is 0.159 e. The van der Waals surface area contributed by atoms with Crippen LogP contribution in [0.2, 0.25) is 0 Å². The molecule has 1 unspecified atom stereocenters. The number of aliphatic hydroxyl groups excluding tert-OH is 1. The minimum absolute atomic E-state index is 0.0653. The minimum Gasteiger partial charge on any atom is -0.396 e. The number of benzene rings is 1. The van der Waals surface area contributed by atoms with E-state index in [9.17, 15) is 9.90 Å². The second-order valence-electron chi connectivity index (χ2n) is 5.58. The summed E-state index contributed by atoms with van der Waals surface area (Å²) in [7, 11) is 0. The van der Waals surface area contributed by atoms with Gasteiger partial charge >= 0.3 is 0 Å². The highest BCUT2D eigenvalue weighted by Gasteiger charge is 2.40. The Morgan fingerprint density at radius 3 is 2.78 bits per heavy atom. The topological polar surface area (TPSA) is 40.5 Å². The third kappa shape index (κ3) is 2.15. The van der Waals surface area contributed by atoms with Crippen molar-refractivity contribution in [2.45, 2.75) is 32.7 Å². The van der Waals surface area contributed by atoms with E-state index in [1.807, 2.05) is 24.3 Å². The number of carbonyl (C=O) groups is 1. The number of rotatable bonds is 3. The Labute approximate surface area is 108 Å². The van der Waals surface area contributed by atoms with Crippen molar-refractivity contribution in [3.8, 4) is 0 Å². The first-order valence-corrected chi connectivity index (χ1v) is 6.46. The molecule has 0 spiro atoms. The quantitative estimate of drug-likeness (QED) is 0.834. The minimum atomic E-state index is -0.0653. The number of hydrogen-bond acceptors (Lipinski definition) is 3. The maximum absolute atomic E-state index is 11.4. The van der Waals surface area contributed by atoms with Crippen LogP contribution in [0.5, 0.6) is 0 Å². The molecule has 1 N–H and O–H groups in total. The zero-order valence-corrected chi connectivity index (χ0v) is 11.3. The fraction of sp³-hybridized carbons (Fsp3) is 0.533. The van der Waals surface area contributed by atoms with Gasteiger partial charge in [-0.25, -0.2) is 0 Å². The molecule has 0 saturated carbocycles. The maximum Gasteiger partial charge on any atom is 0.159 e. The van der Waals surface area contributed by atoms with Crippen molar-refractivity contribution < 1.29 is 9.90 Å². The summed E-state index contributed by atoms with van der Waals surface area (Å²) in [4.78, 5) is 13.7. The fourth-order valence-electron chi connectivity index (χ4n) is 2.82. The third-order valence-electron chi connectivity index (χ3n) is 4.18. The van der Waals surface area contributed by atoms with Gasteiger partial charge < -0.3 is 10.0 Å². The molecule has 1 fully saturated rings. The molecule has 1 aromatic carbocycles. The molecule has 0 bridgehead atoms. The van der Waals surface area contributed by atoms with Crippen LogP contribution in [0.25, 0.3) is 0 Å². The lowest BCUT2D eigenvalue weighted by Crippen LogP contribution is -2.43. The fourth-order valence-corrected chi connectivity index (χ4v) is 2.82. The van der Waals surface area contributed by atoms with Crippen LogP contribution in [0.3, 0.4) is 0 Å². The van der Waals surface area contributed by atoms with Gasteiger partial charge in [0.1, 0.15) is 0 Å². The predicted molar refractivity (Wildman–Crippen MR) is 73.1 cm³/mol. The lowest BCUT2D eigenvalue weighted by Gasteiger charge is -2.37. The second kappa shape index (κ2) is 4.73. The van der Waals surface area contributed by atoms with Crippen LogP contribution >= 0.6 is 0 Å². The van der Waals surface area contributed by atoms with E-state index in [1.165, 1.54) is 0 Å². The van der Waals surface area contributed by atoms with Crippen LogP contribution in [0.15, 0.2) is 24.3 Å². The van der Waals surface area contributed by atoms with Crippen LogP contribution in [-0.2, 0) is 0 Å². The molecule has 18 heavy (non-hydrogen) atoms. The number of hydrogen-bond donors (Lipinski definition) is 1. The zero-order valence-electron chi connectivity index (χ0n) is 11.3. The average molecular weight is 247 g/mol. The number of anilines is 1. The van der Waals surface area contributed by atoms with Gasteiger partial charge in [-0.15, -0.1) is 0 Å². The molecule has 3 heteroatoms. The highest BCUT2D eigenvalue weighted by Crippen LogP contribution is 2.38. The summed E-state index contributed by atoms with van der Waals surface area (Å²) < 4.78 is 0. The van der Waals surface area contributed by atoms with E-state index in [0.717, 1.165) is 24.2 Å². The van der Waals surface area contributed by atoms with Crippen molar-refractivity contribution in [1.82, 2.24) is 0 Å². The lowest BCUT2D eigenvalue weighted by atomic mass is 9.89. The third-order valence-corrected chi connectivity index (χ3v) is 4.18. The largest absolute Gasteiger partial charge is 0.396 e. The van der Waals surface area contributed by atoms with Gasteiger partial charge in [0, 0.05) is 35.9 Å². The Hall–Kier alpha value is -1.35. The van der Waals surface area contributed by atoms with E-state index in [4.69, 9.17) is 0 Å². The van der Waals surface area contributed by atoms with Gasteiger partial charge in [0.2, 0.25) is 0 Å². The van der Waals surface area contributed by atoms with E-state index in [1.54, 1.807) is 6.92 Å². The van der Waals surface area contributed by atoms with Gasteiger partial charge in [0.25, 0.3) is 0 Å². The van der Waals surface area contributed by atoms with E-state index in [0.29, 0.717) is 5.92 Å². The van der Waals surface area contributed by atoms with Crippen molar-refractivity contribution in [3.63, 3.8) is 0 Å². The van der Waals surface area contributed by atoms with Crippen LogP contribution < -0.4 is 4.90 Å². The monoisotopic (exact) mass is 247 g/mol. The Morgan fingerprint density at radius 2 is 2.22 bits per heavy atom. The first-order chi connectivity index (χ1) is 8.46. The SMILES string of the molecule is CC(=O)c1cccc(N2CCC(CO)C2(C)C)c1. The number of aliphatic hydroxyl groups is 1. The van der Waals surface area contributed by atoms with Crippen LogP contribution in [0.4, 0.5) is 5.69 Å². The van der Waals surface area contributed by atoms with E-state index >= 15 is 0 Å². The van der Waals surface area contributed by atoms with Crippen molar-refractivity contribution in [3.05, 3.63) is 29.8 Å². The summed E-state index contributed by atoms with van der Waals surface area (Å²) in [5.74, 6) is 0.381. The van der Waals surface area contributed by atoms with Crippen molar-refractivity contribution in [2.75, 3.05) is 18.1 Å². The molecule has 1 saturated heterocycles. The van der Waals surface area contributed by atoms with Crippen molar-refractivity contribution in [2.24, 2.45) is 5.92 Å². The highest BCUT2D eigenvalue weighted by atomic mass is 16.3. The van der Waals surface area contributed by atoms with Gasteiger partial charge in [-0.3, -0.25) is 4.79 Å². The first-order valence-electron chi connectivity index (χ1n) is 6.46. The van der Waals surface area contributed by atoms with Crippen LogP contribution in [-0.4, -0.2) is 29.6 Å². The molecular formula is C15H21NO2. The molecule has 1 aliphatic heterocycles. The molecule has 0 amide bonds. The molecule has 1 aromatic rings. The maximum atomic E-state index is 11.4. The number of nitrogens with zero attached hydrogens (tertiary/aromatic N) is 1. The molecule has 2 rings (SSSR count). The summed E-state index contributed by atoms with van der Waals surface area (Å²) >= 11 is 0. The van der Waals surface area contributed by atoms with E-state index in [2.05, 4.69) is 18.7 Å². The summed E-state index contributed by atoms with van der Waals surface area (Å²) in [6, 6.07) is 7.75. The van der Waals surface area contributed by atoms with Gasteiger partial charge in [0.15, 0.2) is 5.78 Å². The average Bonchev–Trinajstić information content (AvgIpc) is 2.64. The van der Waals surface area contributed by atoms with Gasteiger partial charge in [-0.1, -0.05) is 12.1 Å². The Morgan fingerprint density at radius 1 is 1.50 bits per heavy atom. The van der Waals surface area contributed by atoms with Crippen molar-refractivity contribution >= 4 is 11.5 Å². The zero-order chi connectivity index (χ0) is 13.3. The Bertz CT molecular complexity index is 454. The Balaban J connectivity index is 2.32. The number of carbonyl (C=O) groups excluding carboxylic acids is 1. The molecule has 1 atom stereocenters. The van der Waals surface area contributed by atoms with Crippen molar-refractivity contribution in [1.29, 1.82) is 0 Å². The van der Waals surface area contributed by atoms with E-state index < -0.39 is 0 Å². The Kier molecular flexibility index (Phi) is 3.44. The standard InChI is InChI=1S/C15H21NO2/c1-11(18)12-5-4-6-14(9-12)16-8-7-13(10-17)15(16,2)3/h4-6,9,13,17H,7-8,10H2,1-3H3. The molecule has 98 valence electrons. The molecule has 1 aliphatic rings. The van der Waals surface area contributed by atoms with E-state index in [-0.39, 0.29) is 17.9 Å². The summed E-state index contributed by atoms with van der Waals surface area (Å²) in [6.45, 7) is 7.04. The van der Waals surface area contributed by atoms with Crippen LogP contribution in [0.1, 0.15) is 37.6 Å². The molecular weight excluding hydrogens is 226 g/mol. The highest BCUT2D eigenvalue weighted by molar-refractivity contribution is 5.95. The normalized spacial score (nSPS) is 22.2. The van der Waals surface area contributed by atoms with Gasteiger partial charge in [0.05, 0.1) is 0 Å². The molecule has 0 radical (unpaired) electrons. The van der Waals surface area contributed by atoms with Gasteiger partial charge in [-0.05, 0) is 39.3 Å². The number of Topliss-reactive ketones (excluding diaryl/α,β-unsaturated/α-hetero) is 1. The first kappa shape index (κ1) is 13.1. The number of ketones is 1. The molecule has 1 heterocycles. The molecule has 3 nitrogen and oxygen atoms in total. The summed E-state index contributed by atoms with van der Waals surface area (Å²) in [5.41, 5.74) is 1.75. The molecule has 0 aliphatic carbocycles. The van der Waals surface area contributed by atoms with Crippen LogP contribution in [0, 0.1) is 5.92 Å². The predicted octanol–water partition coefficient (Wildman–Crippen LogP) is 2.49. The lowest BCUT2D eigenvalue weighted by molar-refractivity contribution is 0.101. The summed E-state index contributed by atoms with van der Waals surface area (Å²) in [6.07, 6.45) is 0.994.